The Labute approximate surface area is 122 Å². The van der Waals surface area contributed by atoms with E-state index >= 15 is 0 Å². The molecule has 0 saturated carbocycles. The van der Waals surface area contributed by atoms with E-state index in [4.69, 9.17) is 0 Å². The molecule has 2 aliphatic heterocycles. The summed E-state index contributed by atoms with van der Waals surface area (Å²) in [4.78, 5) is 12.5. The zero-order chi connectivity index (χ0) is 14.4. The number of fused-ring (bicyclic) bond motifs is 2. The molecule has 4 nitrogen and oxygen atoms in total. The number of carbonyl (C=O) groups is 1. The summed E-state index contributed by atoms with van der Waals surface area (Å²) >= 11 is 0. The second kappa shape index (κ2) is 4.41. The van der Waals surface area contributed by atoms with Crippen LogP contribution in [0.1, 0.15) is 22.7 Å². The summed E-state index contributed by atoms with van der Waals surface area (Å²) in [5, 5.41) is 17.3. The number of benzene rings is 2. The zero-order valence-electron chi connectivity index (χ0n) is 11.5. The van der Waals surface area contributed by atoms with Gasteiger partial charge in [0.05, 0.1) is 6.04 Å². The molecule has 4 rings (SSSR count). The molecule has 1 amide bonds. The van der Waals surface area contributed by atoms with Gasteiger partial charge in [-0.1, -0.05) is 42.5 Å². The molecule has 0 bridgehead atoms. The molecule has 0 aliphatic carbocycles. The highest BCUT2D eigenvalue weighted by molar-refractivity contribution is 6.05. The molecule has 2 atom stereocenters. The van der Waals surface area contributed by atoms with Crippen LogP contribution in [0.25, 0.3) is 0 Å². The number of aliphatic hydroxyl groups is 1. The number of para-hydroxylation sites is 1. The van der Waals surface area contributed by atoms with Crippen LogP contribution in [0.4, 0.5) is 5.69 Å². The van der Waals surface area contributed by atoms with Crippen molar-refractivity contribution in [3.63, 3.8) is 0 Å². The Morgan fingerprint density at radius 1 is 1.10 bits per heavy atom. The minimum Gasteiger partial charge on any atom is -0.374 e. The van der Waals surface area contributed by atoms with Gasteiger partial charge in [0.25, 0.3) is 5.91 Å². The largest absolute Gasteiger partial charge is 0.374 e. The molecule has 106 valence electrons. The van der Waals surface area contributed by atoms with E-state index < -0.39 is 11.6 Å². The molecule has 0 spiro atoms. The number of nitrogens with one attached hydrogen (secondary N) is 2. The molecule has 0 fully saturated rings. The van der Waals surface area contributed by atoms with Crippen LogP contribution in [-0.2, 0) is 16.8 Å². The fourth-order valence-electron chi connectivity index (χ4n) is 3.43. The highest BCUT2D eigenvalue weighted by Crippen LogP contribution is 2.45. The van der Waals surface area contributed by atoms with Gasteiger partial charge < -0.3 is 15.7 Å². The van der Waals surface area contributed by atoms with Gasteiger partial charge in [0.1, 0.15) is 0 Å². The third-order valence-electron chi connectivity index (χ3n) is 4.46. The minimum atomic E-state index is -1.56. The van der Waals surface area contributed by atoms with Gasteiger partial charge in [0.2, 0.25) is 0 Å². The van der Waals surface area contributed by atoms with Crippen molar-refractivity contribution in [2.45, 2.75) is 18.1 Å². The average Bonchev–Trinajstić information content (AvgIpc) is 2.79. The number of anilines is 1. The van der Waals surface area contributed by atoms with Crippen molar-refractivity contribution >= 4 is 11.6 Å². The average molecular weight is 280 g/mol. The van der Waals surface area contributed by atoms with Gasteiger partial charge in [0.15, 0.2) is 5.60 Å². The van der Waals surface area contributed by atoms with Crippen LogP contribution in [-0.4, -0.2) is 17.6 Å². The maximum absolute atomic E-state index is 12.5. The maximum Gasteiger partial charge on any atom is 0.263 e. The van der Waals surface area contributed by atoms with Gasteiger partial charge >= 0.3 is 0 Å². The predicted octanol–water partition coefficient (Wildman–Crippen LogP) is 1.71. The van der Waals surface area contributed by atoms with E-state index in [1.54, 1.807) is 0 Å². The van der Waals surface area contributed by atoms with Gasteiger partial charge in [-0.05, 0) is 30.2 Å². The van der Waals surface area contributed by atoms with Crippen molar-refractivity contribution in [1.82, 2.24) is 5.32 Å². The molecule has 0 radical (unpaired) electrons. The molecule has 2 aliphatic rings. The summed E-state index contributed by atoms with van der Waals surface area (Å²) in [7, 11) is 0. The number of hydrogen-bond acceptors (Lipinski definition) is 3. The second-order valence-corrected chi connectivity index (χ2v) is 5.60. The molecular formula is C17H16N2O2. The molecule has 4 heteroatoms. The van der Waals surface area contributed by atoms with Gasteiger partial charge in [0, 0.05) is 11.3 Å². The Morgan fingerprint density at radius 3 is 2.76 bits per heavy atom. The van der Waals surface area contributed by atoms with E-state index in [9.17, 15) is 9.90 Å². The van der Waals surface area contributed by atoms with Crippen molar-refractivity contribution in [1.29, 1.82) is 0 Å². The molecule has 2 unspecified atom stereocenters. The van der Waals surface area contributed by atoms with Gasteiger partial charge in [-0.15, -0.1) is 0 Å². The lowest BCUT2D eigenvalue weighted by Crippen LogP contribution is -2.49. The van der Waals surface area contributed by atoms with E-state index in [1.807, 2.05) is 42.5 Å². The fourth-order valence-corrected chi connectivity index (χ4v) is 3.43. The lowest BCUT2D eigenvalue weighted by Gasteiger charge is -2.36. The highest BCUT2D eigenvalue weighted by atomic mass is 16.3. The quantitative estimate of drug-likeness (QED) is 0.745. The maximum atomic E-state index is 12.5. The summed E-state index contributed by atoms with van der Waals surface area (Å²) in [6, 6.07) is 14.9. The third kappa shape index (κ3) is 1.66. The van der Waals surface area contributed by atoms with Crippen molar-refractivity contribution in [3.05, 3.63) is 65.2 Å². The van der Waals surface area contributed by atoms with Gasteiger partial charge in [-0.2, -0.15) is 0 Å². The predicted molar refractivity (Wildman–Crippen MR) is 79.9 cm³/mol. The summed E-state index contributed by atoms with van der Waals surface area (Å²) in [6.45, 7) is 0.749. The zero-order valence-corrected chi connectivity index (χ0v) is 11.5. The number of carbonyl (C=O) groups excluding carboxylic acids is 1. The van der Waals surface area contributed by atoms with E-state index in [1.165, 1.54) is 5.56 Å². The van der Waals surface area contributed by atoms with Crippen LogP contribution in [0.15, 0.2) is 48.5 Å². The van der Waals surface area contributed by atoms with Crippen LogP contribution in [0.3, 0.4) is 0 Å². The van der Waals surface area contributed by atoms with Crippen molar-refractivity contribution in [2.24, 2.45) is 0 Å². The molecule has 2 heterocycles. The van der Waals surface area contributed by atoms with Crippen molar-refractivity contribution in [3.8, 4) is 0 Å². The van der Waals surface area contributed by atoms with Crippen LogP contribution < -0.4 is 10.6 Å². The Kier molecular flexibility index (Phi) is 2.64. The first-order valence-electron chi connectivity index (χ1n) is 7.16. The van der Waals surface area contributed by atoms with Crippen LogP contribution in [0.2, 0.25) is 0 Å². The molecule has 0 saturated heterocycles. The summed E-state index contributed by atoms with van der Waals surface area (Å²) in [6.07, 6.45) is 0.909. The fraction of sp³-hybridized carbons (Fsp3) is 0.235. The lowest BCUT2D eigenvalue weighted by molar-refractivity contribution is -0.137. The molecular weight excluding hydrogens is 264 g/mol. The minimum absolute atomic E-state index is 0.363. The Balaban J connectivity index is 1.89. The van der Waals surface area contributed by atoms with E-state index in [-0.39, 0.29) is 5.91 Å². The number of rotatable bonds is 1. The molecule has 0 aromatic heterocycles. The Bertz CT molecular complexity index is 728. The van der Waals surface area contributed by atoms with Crippen LogP contribution in [0, 0.1) is 0 Å². The van der Waals surface area contributed by atoms with Gasteiger partial charge in [-0.3, -0.25) is 4.79 Å². The van der Waals surface area contributed by atoms with E-state index in [0.29, 0.717) is 11.3 Å². The number of hydrogen-bond donors (Lipinski definition) is 3. The summed E-state index contributed by atoms with van der Waals surface area (Å²) in [5.74, 6) is -0.363. The SMILES string of the molecule is O=C1Nc2ccccc2C1(O)C1NCCc2ccccc21. The summed E-state index contributed by atoms with van der Waals surface area (Å²) < 4.78 is 0. The topological polar surface area (TPSA) is 61.4 Å². The monoisotopic (exact) mass is 280 g/mol. The molecule has 3 N–H and O–H groups in total. The highest BCUT2D eigenvalue weighted by Gasteiger charge is 2.52. The normalized spacial score (nSPS) is 26.9. The van der Waals surface area contributed by atoms with E-state index in [2.05, 4.69) is 16.7 Å². The first-order valence-corrected chi connectivity index (χ1v) is 7.16. The molecule has 2 aromatic carbocycles. The third-order valence-corrected chi connectivity index (χ3v) is 4.46. The summed E-state index contributed by atoms with van der Waals surface area (Å²) in [5.41, 5.74) is 1.96. The number of amides is 1. The van der Waals surface area contributed by atoms with Crippen LogP contribution in [0.5, 0.6) is 0 Å². The van der Waals surface area contributed by atoms with Crippen LogP contribution >= 0.6 is 0 Å². The lowest BCUT2D eigenvalue weighted by atomic mass is 9.79. The molecule has 21 heavy (non-hydrogen) atoms. The first kappa shape index (κ1) is 12.6. The standard InChI is InChI=1S/C17H16N2O2/c20-16-17(21,13-7-3-4-8-14(13)19-16)15-12-6-2-1-5-11(12)9-10-18-15/h1-8,15,18,21H,9-10H2,(H,19,20). The Morgan fingerprint density at radius 2 is 1.86 bits per heavy atom. The molecule has 2 aromatic rings. The van der Waals surface area contributed by atoms with Gasteiger partial charge in [-0.25, -0.2) is 0 Å². The Hall–Kier alpha value is -2.17. The first-order chi connectivity index (χ1) is 10.2. The van der Waals surface area contributed by atoms with Crippen molar-refractivity contribution < 1.29 is 9.90 Å². The second-order valence-electron chi connectivity index (χ2n) is 5.60. The smallest absolute Gasteiger partial charge is 0.263 e. The van der Waals surface area contributed by atoms with E-state index in [0.717, 1.165) is 18.5 Å². The van der Waals surface area contributed by atoms with Crippen molar-refractivity contribution in [2.75, 3.05) is 11.9 Å².